The van der Waals surface area contributed by atoms with Crippen LogP contribution < -0.4 is 15.5 Å². The first kappa shape index (κ1) is 23.1. The summed E-state index contributed by atoms with van der Waals surface area (Å²) in [7, 11) is 0. The van der Waals surface area contributed by atoms with Crippen LogP contribution in [0.25, 0.3) is 0 Å². The quantitative estimate of drug-likeness (QED) is 0.348. The number of piperidine rings is 1. The molecule has 0 unspecified atom stereocenters. The van der Waals surface area contributed by atoms with Gasteiger partial charge in [0.05, 0.1) is 6.54 Å². The largest absolute Gasteiger partial charge is 0.357 e. The van der Waals surface area contributed by atoms with Gasteiger partial charge < -0.3 is 15.5 Å². The van der Waals surface area contributed by atoms with Gasteiger partial charge in [0.2, 0.25) is 5.91 Å². The summed E-state index contributed by atoms with van der Waals surface area (Å²) in [6.45, 7) is 4.38. The molecule has 0 radical (unpaired) electrons. The second-order valence-electron chi connectivity index (χ2n) is 6.81. The third kappa shape index (κ3) is 6.69. The zero-order valence-corrected chi connectivity index (χ0v) is 19.0. The summed E-state index contributed by atoms with van der Waals surface area (Å²) < 4.78 is 13.8. The number of halogens is 2. The van der Waals surface area contributed by atoms with Gasteiger partial charge in [-0.05, 0) is 43.5 Å². The van der Waals surface area contributed by atoms with Gasteiger partial charge in [0.25, 0.3) is 0 Å². The molecule has 0 bridgehead atoms. The maximum atomic E-state index is 13.8. The number of hydrogen-bond donors (Lipinski definition) is 2. The van der Waals surface area contributed by atoms with Crippen molar-refractivity contribution in [2.45, 2.75) is 39.3 Å². The molecule has 0 aromatic heterocycles. The van der Waals surface area contributed by atoms with E-state index in [0.717, 1.165) is 37.2 Å². The van der Waals surface area contributed by atoms with Crippen LogP contribution in [0.1, 0.15) is 37.3 Å². The number of rotatable bonds is 6. The number of amides is 1. The van der Waals surface area contributed by atoms with Crippen molar-refractivity contribution in [1.29, 1.82) is 0 Å². The molecule has 1 amide bonds. The van der Waals surface area contributed by atoms with Crippen molar-refractivity contribution in [2.24, 2.45) is 4.99 Å². The van der Waals surface area contributed by atoms with Crippen molar-refractivity contribution in [3.8, 4) is 0 Å². The number of benzene rings is 2. The van der Waals surface area contributed by atoms with E-state index < -0.39 is 0 Å². The minimum absolute atomic E-state index is 0. The topological polar surface area (TPSA) is 56.7 Å². The monoisotopic (exact) mass is 510 g/mol. The number of carbonyl (C=O) groups is 1. The third-order valence-corrected chi connectivity index (χ3v) is 4.74. The molecule has 7 heteroatoms. The number of nitrogens with zero attached hydrogens (tertiary/aromatic N) is 2. The van der Waals surface area contributed by atoms with Crippen molar-refractivity contribution in [3.63, 3.8) is 0 Å². The van der Waals surface area contributed by atoms with Crippen LogP contribution in [0.2, 0.25) is 0 Å². The van der Waals surface area contributed by atoms with Gasteiger partial charge in [-0.25, -0.2) is 9.38 Å². The molecule has 0 saturated carbocycles. The summed E-state index contributed by atoms with van der Waals surface area (Å²) >= 11 is 0. The van der Waals surface area contributed by atoms with E-state index in [9.17, 15) is 9.18 Å². The highest BCUT2D eigenvalue weighted by Crippen LogP contribution is 2.21. The number of anilines is 1. The second kappa shape index (κ2) is 11.7. The van der Waals surface area contributed by atoms with E-state index in [1.807, 2.05) is 42.2 Å². The lowest BCUT2D eigenvalue weighted by molar-refractivity contribution is -0.119. The minimum Gasteiger partial charge on any atom is -0.357 e. The van der Waals surface area contributed by atoms with Crippen molar-refractivity contribution in [2.75, 3.05) is 18.0 Å². The van der Waals surface area contributed by atoms with Crippen molar-refractivity contribution >= 4 is 41.5 Å². The number of hydrogen-bond acceptors (Lipinski definition) is 2. The Labute approximate surface area is 188 Å². The van der Waals surface area contributed by atoms with Gasteiger partial charge in [0, 0.05) is 37.3 Å². The first-order valence-electron chi connectivity index (χ1n) is 9.82. The normalized spacial score (nSPS) is 14.3. The molecule has 29 heavy (non-hydrogen) atoms. The molecule has 1 aliphatic rings. The summed E-state index contributed by atoms with van der Waals surface area (Å²) in [5.41, 5.74) is 2.60. The van der Waals surface area contributed by atoms with E-state index in [1.165, 1.54) is 6.07 Å². The molecule has 3 rings (SSSR count). The lowest BCUT2D eigenvalue weighted by Gasteiger charge is -2.26. The molecular weight excluding hydrogens is 482 g/mol. The highest BCUT2D eigenvalue weighted by Gasteiger charge is 2.19. The van der Waals surface area contributed by atoms with Crippen LogP contribution in [0.3, 0.4) is 0 Å². The zero-order valence-electron chi connectivity index (χ0n) is 16.7. The molecule has 2 aromatic carbocycles. The van der Waals surface area contributed by atoms with Crippen molar-refractivity contribution in [1.82, 2.24) is 10.6 Å². The Kier molecular flexibility index (Phi) is 9.37. The maximum Gasteiger partial charge on any atom is 0.226 e. The number of aliphatic imine (C=N–C) groups is 1. The Bertz CT molecular complexity index is 826. The zero-order chi connectivity index (χ0) is 19.8. The van der Waals surface area contributed by atoms with Gasteiger partial charge in [-0.1, -0.05) is 30.3 Å². The van der Waals surface area contributed by atoms with Crippen molar-refractivity contribution < 1.29 is 9.18 Å². The SMILES string of the molecule is CCNC(=NCc1ccc(N2CCCCC2=O)cc1)NCc1ccccc1F.I. The fourth-order valence-electron chi connectivity index (χ4n) is 3.19. The Morgan fingerprint density at radius 3 is 2.55 bits per heavy atom. The molecule has 1 heterocycles. The molecule has 5 nitrogen and oxygen atoms in total. The lowest BCUT2D eigenvalue weighted by atomic mass is 10.1. The number of nitrogens with one attached hydrogen (secondary N) is 2. The van der Waals surface area contributed by atoms with Gasteiger partial charge in [0.1, 0.15) is 5.82 Å². The van der Waals surface area contributed by atoms with Crippen LogP contribution >= 0.6 is 24.0 Å². The first-order chi connectivity index (χ1) is 13.7. The molecule has 1 fully saturated rings. The Morgan fingerprint density at radius 1 is 1.10 bits per heavy atom. The molecule has 0 atom stereocenters. The Balaban J connectivity index is 0.00000300. The first-order valence-corrected chi connectivity index (χ1v) is 9.82. The van der Waals surface area contributed by atoms with Gasteiger partial charge in [-0.2, -0.15) is 0 Å². The summed E-state index contributed by atoms with van der Waals surface area (Å²) in [5.74, 6) is 0.610. The van der Waals surface area contributed by atoms with E-state index in [-0.39, 0.29) is 35.7 Å². The number of guanidine groups is 1. The fraction of sp³-hybridized carbons (Fsp3) is 0.364. The smallest absolute Gasteiger partial charge is 0.226 e. The standard InChI is InChI=1S/C22H27FN4O.HI/c1-2-24-22(26-16-18-7-3-4-8-20(18)23)25-15-17-10-12-19(13-11-17)27-14-6-5-9-21(27)28;/h3-4,7-8,10-13H,2,5-6,9,14-16H2,1H3,(H2,24,25,26);1H. The van der Waals surface area contributed by atoms with Crippen LogP contribution in [0.4, 0.5) is 10.1 Å². The van der Waals surface area contributed by atoms with E-state index in [4.69, 9.17) is 0 Å². The number of carbonyl (C=O) groups excluding carboxylic acids is 1. The average molecular weight is 510 g/mol. The van der Waals surface area contributed by atoms with E-state index in [2.05, 4.69) is 15.6 Å². The molecule has 1 saturated heterocycles. The summed E-state index contributed by atoms with van der Waals surface area (Å²) in [6.07, 6.45) is 2.67. The molecule has 156 valence electrons. The van der Waals surface area contributed by atoms with Crippen LogP contribution in [0.15, 0.2) is 53.5 Å². The predicted molar refractivity (Wildman–Crippen MR) is 126 cm³/mol. The van der Waals surface area contributed by atoms with Crippen LogP contribution in [0.5, 0.6) is 0 Å². The Hall–Kier alpha value is -2.16. The van der Waals surface area contributed by atoms with Gasteiger partial charge in [-0.15, -0.1) is 24.0 Å². The van der Waals surface area contributed by atoms with Crippen LogP contribution in [-0.2, 0) is 17.9 Å². The van der Waals surface area contributed by atoms with E-state index in [1.54, 1.807) is 12.1 Å². The molecular formula is C22H28FIN4O. The lowest BCUT2D eigenvalue weighted by Crippen LogP contribution is -2.37. The van der Waals surface area contributed by atoms with E-state index in [0.29, 0.717) is 31.0 Å². The molecule has 0 aliphatic carbocycles. The highest BCUT2D eigenvalue weighted by molar-refractivity contribution is 14.0. The fourth-order valence-corrected chi connectivity index (χ4v) is 3.19. The van der Waals surface area contributed by atoms with E-state index >= 15 is 0 Å². The maximum absolute atomic E-state index is 13.8. The van der Waals surface area contributed by atoms with Crippen LogP contribution in [-0.4, -0.2) is 25.0 Å². The summed E-state index contributed by atoms with van der Waals surface area (Å²) in [4.78, 5) is 18.5. The van der Waals surface area contributed by atoms with Crippen LogP contribution in [0, 0.1) is 5.82 Å². The molecule has 2 N–H and O–H groups in total. The van der Waals surface area contributed by atoms with Gasteiger partial charge >= 0.3 is 0 Å². The molecule has 0 spiro atoms. The molecule has 2 aromatic rings. The third-order valence-electron chi connectivity index (χ3n) is 4.74. The van der Waals surface area contributed by atoms with Gasteiger partial charge in [0.15, 0.2) is 5.96 Å². The van der Waals surface area contributed by atoms with Gasteiger partial charge in [-0.3, -0.25) is 4.79 Å². The highest BCUT2D eigenvalue weighted by atomic mass is 127. The summed E-state index contributed by atoms with van der Waals surface area (Å²) in [6, 6.07) is 14.7. The predicted octanol–water partition coefficient (Wildman–Crippen LogP) is 4.22. The minimum atomic E-state index is -0.228. The summed E-state index contributed by atoms with van der Waals surface area (Å²) in [5, 5.41) is 6.34. The second-order valence-corrected chi connectivity index (χ2v) is 6.81. The van der Waals surface area contributed by atoms with Crippen molar-refractivity contribution in [3.05, 3.63) is 65.5 Å². The molecule has 1 aliphatic heterocycles. The average Bonchev–Trinajstić information content (AvgIpc) is 2.72. The Morgan fingerprint density at radius 2 is 1.86 bits per heavy atom.